The molecule has 1 rings (SSSR count). The van der Waals surface area contributed by atoms with Crippen molar-refractivity contribution in [2.75, 3.05) is 0 Å². The Morgan fingerprint density at radius 1 is 1.73 bits per heavy atom. The molecule has 0 radical (unpaired) electrons. The highest BCUT2D eigenvalue weighted by Gasteiger charge is 2.11. The third-order valence-corrected chi connectivity index (χ3v) is 2.04. The van der Waals surface area contributed by atoms with Crippen LogP contribution in [0.5, 0.6) is 5.75 Å². The van der Waals surface area contributed by atoms with Crippen LogP contribution < -0.4 is 0 Å². The van der Waals surface area contributed by atoms with E-state index in [1.807, 2.05) is 0 Å². The van der Waals surface area contributed by atoms with Crippen LogP contribution in [0.3, 0.4) is 0 Å². The Morgan fingerprint density at radius 3 is 2.64 bits per heavy atom. The van der Waals surface area contributed by atoms with Crippen LogP contribution in [0, 0.1) is 11.3 Å². The second kappa shape index (κ2) is 2.60. The molecule has 56 valence electrons. The molecule has 4 nitrogen and oxygen atoms in total. The topological polar surface area (TPSA) is 81.3 Å². The lowest BCUT2D eigenvalue weighted by molar-refractivity contribution is 0.0702. The van der Waals surface area contributed by atoms with Crippen molar-refractivity contribution in [1.29, 1.82) is 5.26 Å². The molecule has 5 heteroatoms. The number of hydrogen-bond donors (Lipinski definition) is 2. The summed E-state index contributed by atoms with van der Waals surface area (Å²) < 4.78 is 0. The van der Waals surface area contributed by atoms with Crippen molar-refractivity contribution in [2.24, 2.45) is 0 Å². The van der Waals surface area contributed by atoms with E-state index in [1.54, 1.807) is 6.07 Å². The van der Waals surface area contributed by atoms with Crippen molar-refractivity contribution in [1.82, 2.24) is 0 Å². The van der Waals surface area contributed by atoms with Crippen molar-refractivity contribution >= 4 is 17.3 Å². The lowest BCUT2D eigenvalue weighted by Gasteiger charge is -1.79. The highest BCUT2D eigenvalue weighted by atomic mass is 32.1. The molecule has 0 saturated carbocycles. The molecule has 0 bridgehead atoms. The van der Waals surface area contributed by atoms with Gasteiger partial charge in [0.05, 0.1) is 0 Å². The summed E-state index contributed by atoms with van der Waals surface area (Å²) in [6.07, 6.45) is 0. The standard InChI is InChI=1S/C6H3NO3S/c7-2-5-3(8)1-4(11-5)6(9)10/h1,8H,(H,9,10). The fourth-order valence-corrected chi connectivity index (χ4v) is 1.25. The lowest BCUT2D eigenvalue weighted by Crippen LogP contribution is -1.89. The molecule has 0 aliphatic heterocycles. The van der Waals surface area contributed by atoms with Crippen LogP contribution in [0.1, 0.15) is 14.5 Å². The summed E-state index contributed by atoms with van der Waals surface area (Å²) in [6.45, 7) is 0. The first-order valence-electron chi connectivity index (χ1n) is 2.61. The fraction of sp³-hybridized carbons (Fsp3) is 0. The third-order valence-electron chi connectivity index (χ3n) is 1.02. The molecular formula is C6H3NO3S. The Hall–Kier alpha value is -1.54. The Balaban J connectivity index is 3.18. The maximum atomic E-state index is 10.3. The predicted molar refractivity (Wildman–Crippen MR) is 37.7 cm³/mol. The molecule has 0 amide bonds. The molecule has 0 saturated heterocycles. The van der Waals surface area contributed by atoms with E-state index in [0.717, 1.165) is 17.4 Å². The highest BCUT2D eigenvalue weighted by Crippen LogP contribution is 2.26. The van der Waals surface area contributed by atoms with E-state index in [-0.39, 0.29) is 15.5 Å². The number of carboxylic acid groups (broad SMARTS) is 1. The van der Waals surface area contributed by atoms with Crippen molar-refractivity contribution in [3.63, 3.8) is 0 Å². The number of thiophene rings is 1. The van der Waals surface area contributed by atoms with Crippen molar-refractivity contribution in [3.05, 3.63) is 15.8 Å². The molecule has 0 fully saturated rings. The summed E-state index contributed by atoms with van der Waals surface area (Å²) in [5, 5.41) is 25.6. The first-order chi connectivity index (χ1) is 5.15. The first-order valence-corrected chi connectivity index (χ1v) is 3.43. The van der Waals surface area contributed by atoms with Gasteiger partial charge in [-0.15, -0.1) is 11.3 Å². The number of carbonyl (C=O) groups is 1. The zero-order chi connectivity index (χ0) is 8.43. The summed E-state index contributed by atoms with van der Waals surface area (Å²) in [5.41, 5.74) is 0. The maximum absolute atomic E-state index is 10.3. The number of nitrogens with zero attached hydrogens (tertiary/aromatic N) is 1. The molecule has 0 spiro atoms. The smallest absolute Gasteiger partial charge is 0.346 e. The Morgan fingerprint density at radius 2 is 2.36 bits per heavy atom. The summed E-state index contributed by atoms with van der Waals surface area (Å²) in [6, 6.07) is 2.74. The van der Waals surface area contributed by atoms with Crippen LogP contribution in [0.15, 0.2) is 6.07 Å². The Kier molecular flexibility index (Phi) is 1.79. The molecule has 0 aromatic carbocycles. The average molecular weight is 169 g/mol. The van der Waals surface area contributed by atoms with Gasteiger partial charge in [0.25, 0.3) is 0 Å². The number of carboxylic acids is 1. The van der Waals surface area contributed by atoms with Crippen LogP contribution in [-0.2, 0) is 0 Å². The van der Waals surface area contributed by atoms with Gasteiger partial charge in [-0.25, -0.2) is 4.79 Å². The van der Waals surface area contributed by atoms with Crippen LogP contribution in [0.2, 0.25) is 0 Å². The molecule has 2 N–H and O–H groups in total. The van der Waals surface area contributed by atoms with Gasteiger partial charge >= 0.3 is 5.97 Å². The van der Waals surface area contributed by atoms with Crippen LogP contribution in [0.4, 0.5) is 0 Å². The minimum Gasteiger partial charge on any atom is -0.506 e. The predicted octanol–water partition coefficient (Wildman–Crippen LogP) is 1.02. The number of aromatic carboxylic acids is 1. The quantitative estimate of drug-likeness (QED) is 0.657. The normalized spacial score (nSPS) is 9.00. The third kappa shape index (κ3) is 1.30. The SMILES string of the molecule is N#Cc1sc(C(=O)O)cc1O. The van der Waals surface area contributed by atoms with Gasteiger partial charge in [0.1, 0.15) is 21.6 Å². The van der Waals surface area contributed by atoms with E-state index in [1.165, 1.54) is 0 Å². The molecule has 0 atom stereocenters. The Bertz CT molecular complexity index is 336. The van der Waals surface area contributed by atoms with E-state index in [2.05, 4.69) is 0 Å². The van der Waals surface area contributed by atoms with Crippen molar-refractivity contribution in [3.8, 4) is 11.8 Å². The molecule has 0 unspecified atom stereocenters. The second-order valence-corrected chi connectivity index (χ2v) is 2.79. The number of hydrogen-bond acceptors (Lipinski definition) is 4. The van der Waals surface area contributed by atoms with Crippen molar-refractivity contribution in [2.45, 2.75) is 0 Å². The molecule has 1 aromatic heterocycles. The van der Waals surface area contributed by atoms with Crippen LogP contribution in [0.25, 0.3) is 0 Å². The zero-order valence-electron chi connectivity index (χ0n) is 5.24. The summed E-state index contributed by atoms with van der Waals surface area (Å²) in [4.78, 5) is 10.3. The second-order valence-electron chi connectivity index (χ2n) is 1.74. The summed E-state index contributed by atoms with van der Waals surface area (Å²) in [7, 11) is 0. The van der Waals surface area contributed by atoms with Crippen molar-refractivity contribution < 1.29 is 15.0 Å². The monoisotopic (exact) mass is 169 g/mol. The van der Waals surface area contributed by atoms with Gasteiger partial charge in [0.2, 0.25) is 0 Å². The van der Waals surface area contributed by atoms with Gasteiger partial charge in [-0.1, -0.05) is 0 Å². The fourth-order valence-electron chi connectivity index (χ4n) is 0.567. The Labute approximate surface area is 65.9 Å². The zero-order valence-corrected chi connectivity index (χ0v) is 6.05. The molecule has 0 aliphatic carbocycles. The first kappa shape index (κ1) is 7.57. The van der Waals surface area contributed by atoms with Gasteiger partial charge in [-0.05, 0) is 0 Å². The van der Waals surface area contributed by atoms with Gasteiger partial charge in [-0.2, -0.15) is 5.26 Å². The minimum absolute atomic E-state index is 0.0287. The average Bonchev–Trinajstić information content (AvgIpc) is 2.31. The molecule has 11 heavy (non-hydrogen) atoms. The lowest BCUT2D eigenvalue weighted by atomic mass is 10.4. The number of aromatic hydroxyl groups is 1. The van der Waals surface area contributed by atoms with E-state index in [4.69, 9.17) is 15.5 Å². The summed E-state index contributed by atoms with van der Waals surface area (Å²) in [5.74, 6) is -1.40. The maximum Gasteiger partial charge on any atom is 0.346 e. The van der Waals surface area contributed by atoms with Gasteiger partial charge < -0.3 is 10.2 Å². The minimum atomic E-state index is -1.13. The molecular weight excluding hydrogens is 166 g/mol. The van der Waals surface area contributed by atoms with Gasteiger partial charge in [-0.3, -0.25) is 0 Å². The molecule has 0 aliphatic rings. The van der Waals surface area contributed by atoms with Crippen LogP contribution >= 0.6 is 11.3 Å². The van der Waals surface area contributed by atoms with E-state index in [0.29, 0.717) is 0 Å². The summed E-state index contributed by atoms with van der Waals surface area (Å²) >= 11 is 0.757. The molecule has 1 aromatic rings. The van der Waals surface area contributed by atoms with E-state index >= 15 is 0 Å². The highest BCUT2D eigenvalue weighted by molar-refractivity contribution is 7.14. The number of rotatable bonds is 1. The van der Waals surface area contributed by atoms with E-state index in [9.17, 15) is 4.79 Å². The van der Waals surface area contributed by atoms with Crippen LogP contribution in [-0.4, -0.2) is 16.2 Å². The number of nitriles is 1. The van der Waals surface area contributed by atoms with Gasteiger partial charge in [0.15, 0.2) is 0 Å². The molecule has 1 heterocycles. The van der Waals surface area contributed by atoms with E-state index < -0.39 is 5.97 Å². The van der Waals surface area contributed by atoms with Gasteiger partial charge in [0, 0.05) is 6.07 Å². The largest absolute Gasteiger partial charge is 0.506 e.